The van der Waals surface area contributed by atoms with E-state index in [0.29, 0.717) is 42.7 Å². The SMILES string of the molecule is CC1(O)CCN(C(=O)c2sc(NC3CC3)nc2N)CC1. The van der Waals surface area contributed by atoms with Crippen LogP contribution in [0.15, 0.2) is 0 Å². The van der Waals surface area contributed by atoms with E-state index in [2.05, 4.69) is 10.3 Å². The molecule has 0 bridgehead atoms. The number of nitrogens with zero attached hydrogens (tertiary/aromatic N) is 2. The van der Waals surface area contributed by atoms with E-state index in [4.69, 9.17) is 5.73 Å². The molecule has 1 saturated heterocycles. The molecule has 20 heavy (non-hydrogen) atoms. The summed E-state index contributed by atoms with van der Waals surface area (Å²) < 4.78 is 0. The normalized spacial score (nSPS) is 21.8. The summed E-state index contributed by atoms with van der Waals surface area (Å²) in [6.07, 6.45) is 3.52. The molecule has 1 aromatic heterocycles. The van der Waals surface area contributed by atoms with Crippen molar-refractivity contribution in [1.29, 1.82) is 0 Å². The van der Waals surface area contributed by atoms with Crippen LogP contribution in [0.1, 0.15) is 42.3 Å². The molecule has 1 saturated carbocycles. The van der Waals surface area contributed by atoms with Crippen molar-refractivity contribution < 1.29 is 9.90 Å². The molecule has 0 aromatic carbocycles. The first-order valence-corrected chi connectivity index (χ1v) is 7.81. The van der Waals surface area contributed by atoms with Crippen molar-refractivity contribution in [2.24, 2.45) is 0 Å². The van der Waals surface area contributed by atoms with Gasteiger partial charge in [-0.2, -0.15) is 0 Å². The minimum atomic E-state index is -0.658. The highest BCUT2D eigenvalue weighted by Crippen LogP contribution is 2.32. The molecule has 110 valence electrons. The first-order valence-electron chi connectivity index (χ1n) is 6.99. The van der Waals surface area contributed by atoms with Crippen molar-refractivity contribution in [3.8, 4) is 0 Å². The molecule has 1 aromatic rings. The van der Waals surface area contributed by atoms with Crippen LogP contribution in [0, 0.1) is 0 Å². The molecular weight excluding hydrogens is 276 g/mol. The van der Waals surface area contributed by atoms with Gasteiger partial charge in [0.05, 0.1) is 5.60 Å². The number of anilines is 2. The zero-order chi connectivity index (χ0) is 14.3. The lowest BCUT2D eigenvalue weighted by Gasteiger charge is -2.35. The molecule has 0 unspecified atom stereocenters. The van der Waals surface area contributed by atoms with Crippen LogP contribution in [0.4, 0.5) is 10.9 Å². The van der Waals surface area contributed by atoms with Crippen LogP contribution in [0.3, 0.4) is 0 Å². The Morgan fingerprint density at radius 1 is 1.50 bits per heavy atom. The second-order valence-electron chi connectivity index (χ2n) is 5.94. The van der Waals surface area contributed by atoms with Crippen LogP contribution >= 0.6 is 11.3 Å². The number of nitrogens with one attached hydrogen (secondary N) is 1. The van der Waals surface area contributed by atoms with E-state index in [1.165, 1.54) is 11.3 Å². The van der Waals surface area contributed by atoms with Gasteiger partial charge in [0.25, 0.3) is 5.91 Å². The number of amides is 1. The molecule has 0 spiro atoms. The number of carbonyl (C=O) groups is 1. The van der Waals surface area contributed by atoms with Gasteiger partial charge in [-0.25, -0.2) is 4.98 Å². The highest BCUT2D eigenvalue weighted by molar-refractivity contribution is 7.18. The summed E-state index contributed by atoms with van der Waals surface area (Å²) in [6.45, 7) is 2.94. The van der Waals surface area contributed by atoms with Gasteiger partial charge in [-0.15, -0.1) is 0 Å². The van der Waals surface area contributed by atoms with Gasteiger partial charge in [-0.3, -0.25) is 4.79 Å². The predicted molar refractivity (Wildman–Crippen MR) is 78.9 cm³/mol. The van der Waals surface area contributed by atoms with Crippen molar-refractivity contribution in [3.63, 3.8) is 0 Å². The van der Waals surface area contributed by atoms with Gasteiger partial charge in [0.15, 0.2) is 5.13 Å². The minimum absolute atomic E-state index is 0.0700. The number of rotatable bonds is 3. The Morgan fingerprint density at radius 2 is 2.15 bits per heavy atom. The zero-order valence-electron chi connectivity index (χ0n) is 11.6. The van der Waals surface area contributed by atoms with E-state index in [9.17, 15) is 9.90 Å². The lowest BCUT2D eigenvalue weighted by Crippen LogP contribution is -2.45. The number of carbonyl (C=O) groups excluding carboxylic acids is 1. The van der Waals surface area contributed by atoms with Crippen LogP contribution in [0.25, 0.3) is 0 Å². The second kappa shape index (κ2) is 4.89. The highest BCUT2D eigenvalue weighted by atomic mass is 32.1. The fourth-order valence-corrected chi connectivity index (χ4v) is 3.21. The van der Waals surface area contributed by atoms with E-state index in [0.717, 1.165) is 18.0 Å². The maximum Gasteiger partial charge on any atom is 0.267 e. The minimum Gasteiger partial charge on any atom is -0.390 e. The number of nitrogens with two attached hydrogens (primary N) is 1. The lowest BCUT2D eigenvalue weighted by molar-refractivity contribution is -0.00185. The summed E-state index contributed by atoms with van der Waals surface area (Å²) in [5.74, 6) is 0.236. The van der Waals surface area contributed by atoms with Gasteiger partial charge in [-0.1, -0.05) is 11.3 Å². The second-order valence-corrected chi connectivity index (χ2v) is 6.94. The van der Waals surface area contributed by atoms with Gasteiger partial charge in [0.1, 0.15) is 10.7 Å². The average Bonchev–Trinajstić information content (AvgIpc) is 3.11. The molecule has 7 heteroatoms. The Hall–Kier alpha value is -1.34. The Labute approximate surface area is 122 Å². The molecule has 1 aliphatic heterocycles. The van der Waals surface area contributed by atoms with Gasteiger partial charge in [0.2, 0.25) is 0 Å². The third-order valence-corrected chi connectivity index (χ3v) is 4.87. The van der Waals surface area contributed by atoms with Crippen LogP contribution in [0.2, 0.25) is 0 Å². The van der Waals surface area contributed by atoms with E-state index in [1.807, 2.05) is 6.92 Å². The Bertz CT molecular complexity index is 514. The van der Waals surface area contributed by atoms with E-state index in [1.54, 1.807) is 4.90 Å². The summed E-state index contributed by atoms with van der Waals surface area (Å²) in [6, 6.07) is 0.494. The number of piperidine rings is 1. The maximum absolute atomic E-state index is 12.5. The van der Waals surface area contributed by atoms with Crippen LogP contribution in [-0.2, 0) is 0 Å². The average molecular weight is 296 g/mol. The third kappa shape index (κ3) is 2.88. The fraction of sp³-hybridized carbons (Fsp3) is 0.692. The quantitative estimate of drug-likeness (QED) is 0.781. The number of hydrogen-bond donors (Lipinski definition) is 3. The fourth-order valence-electron chi connectivity index (χ4n) is 2.28. The number of hydrogen-bond acceptors (Lipinski definition) is 6. The Balaban J connectivity index is 1.68. The van der Waals surface area contributed by atoms with E-state index in [-0.39, 0.29) is 5.91 Å². The summed E-state index contributed by atoms with van der Waals surface area (Å²) in [7, 11) is 0. The molecule has 0 atom stereocenters. The zero-order valence-corrected chi connectivity index (χ0v) is 12.4. The lowest BCUT2D eigenvalue weighted by atomic mass is 9.94. The van der Waals surface area contributed by atoms with Crippen molar-refractivity contribution in [2.75, 3.05) is 24.1 Å². The smallest absolute Gasteiger partial charge is 0.267 e. The highest BCUT2D eigenvalue weighted by Gasteiger charge is 2.32. The summed E-state index contributed by atoms with van der Waals surface area (Å²) in [5, 5.41) is 13.9. The van der Waals surface area contributed by atoms with E-state index >= 15 is 0 Å². The largest absolute Gasteiger partial charge is 0.390 e. The summed E-state index contributed by atoms with van der Waals surface area (Å²) in [5.41, 5.74) is 5.20. The standard InChI is InChI=1S/C13H20N4O2S/c1-13(19)4-6-17(7-5-13)11(18)9-10(14)16-12(20-9)15-8-2-3-8/h8,19H,2-7,14H2,1H3,(H,15,16). The molecule has 4 N–H and O–H groups in total. The molecule has 2 heterocycles. The van der Waals surface area contributed by atoms with Crippen LogP contribution in [0.5, 0.6) is 0 Å². The molecule has 0 radical (unpaired) electrons. The van der Waals surface area contributed by atoms with Crippen LogP contribution in [-0.4, -0.2) is 45.6 Å². The number of thiazole rings is 1. The first kappa shape index (κ1) is 13.6. The van der Waals surface area contributed by atoms with Gasteiger partial charge < -0.3 is 21.1 Å². The molecule has 2 aliphatic rings. The number of aliphatic hydroxyl groups is 1. The van der Waals surface area contributed by atoms with Crippen molar-refractivity contribution in [3.05, 3.63) is 4.88 Å². The van der Waals surface area contributed by atoms with Crippen molar-refractivity contribution in [1.82, 2.24) is 9.88 Å². The summed E-state index contributed by atoms with van der Waals surface area (Å²) in [4.78, 5) is 18.9. The van der Waals surface area contributed by atoms with E-state index < -0.39 is 5.60 Å². The molecule has 1 amide bonds. The molecule has 2 fully saturated rings. The van der Waals surface area contributed by atoms with Crippen LogP contribution < -0.4 is 11.1 Å². The molecular formula is C13H20N4O2S. The van der Waals surface area contributed by atoms with Gasteiger partial charge >= 0.3 is 0 Å². The predicted octanol–water partition coefficient (Wildman–Crippen LogP) is 1.29. The van der Waals surface area contributed by atoms with Crippen molar-refractivity contribution in [2.45, 2.75) is 44.2 Å². The topological polar surface area (TPSA) is 91.5 Å². The van der Waals surface area contributed by atoms with Crippen molar-refractivity contribution >= 4 is 28.2 Å². The molecule has 3 rings (SSSR count). The monoisotopic (exact) mass is 296 g/mol. The Morgan fingerprint density at radius 3 is 2.75 bits per heavy atom. The number of nitrogen functional groups attached to an aromatic ring is 1. The maximum atomic E-state index is 12.5. The number of likely N-dealkylation sites (tertiary alicyclic amines) is 1. The summed E-state index contributed by atoms with van der Waals surface area (Å²) >= 11 is 1.33. The van der Waals surface area contributed by atoms with Gasteiger partial charge in [-0.05, 0) is 32.6 Å². The third-order valence-electron chi connectivity index (χ3n) is 3.88. The Kier molecular flexibility index (Phi) is 3.33. The first-order chi connectivity index (χ1) is 9.44. The van der Waals surface area contributed by atoms with Gasteiger partial charge in [0, 0.05) is 19.1 Å². The molecule has 1 aliphatic carbocycles. The number of aromatic nitrogens is 1. The molecule has 6 nitrogen and oxygen atoms in total.